The summed E-state index contributed by atoms with van der Waals surface area (Å²) in [5, 5.41) is 3.93. The van der Waals surface area contributed by atoms with Crippen molar-refractivity contribution in [2.75, 3.05) is 13.1 Å². The molecule has 1 N–H and O–H groups in total. The fourth-order valence-corrected chi connectivity index (χ4v) is 2.72. The largest absolute Gasteiger partial charge is 0.334 e. The van der Waals surface area contributed by atoms with Crippen molar-refractivity contribution in [3.8, 4) is 0 Å². The summed E-state index contributed by atoms with van der Waals surface area (Å²) in [6.07, 6.45) is 7.53. The van der Waals surface area contributed by atoms with E-state index in [0.717, 1.165) is 31.4 Å². The molecule has 1 aromatic heterocycles. The van der Waals surface area contributed by atoms with Crippen LogP contribution in [-0.2, 0) is 6.54 Å². The Labute approximate surface area is 102 Å². The van der Waals surface area contributed by atoms with Crippen LogP contribution < -0.4 is 5.32 Å². The molecule has 3 nitrogen and oxygen atoms in total. The summed E-state index contributed by atoms with van der Waals surface area (Å²) in [5.74, 6) is 1.87. The quantitative estimate of drug-likeness (QED) is 0.633. The number of hydrogen-bond donors (Lipinski definition) is 1. The number of aromatic nitrogens is 2. The van der Waals surface area contributed by atoms with E-state index in [-0.39, 0.29) is 0 Å². The molecule has 0 radical (unpaired) electrons. The molecule has 1 aliphatic carbocycles. The zero-order valence-corrected chi connectivity index (χ0v) is 10.6. The van der Waals surface area contributed by atoms with Gasteiger partial charge in [0, 0.05) is 30.9 Å². The summed E-state index contributed by atoms with van der Waals surface area (Å²) in [4.78, 5) is 4.20. The second-order valence-corrected chi connectivity index (χ2v) is 5.27. The first-order valence-electron chi connectivity index (χ1n) is 6.08. The molecule has 0 spiro atoms. The van der Waals surface area contributed by atoms with Gasteiger partial charge in [0.15, 0.2) is 0 Å². The van der Waals surface area contributed by atoms with Crippen molar-refractivity contribution in [1.82, 2.24) is 14.9 Å². The number of aryl methyl sites for hydroxylation is 1. The van der Waals surface area contributed by atoms with E-state index >= 15 is 0 Å². The van der Waals surface area contributed by atoms with E-state index in [9.17, 15) is 0 Å². The van der Waals surface area contributed by atoms with E-state index in [0.29, 0.717) is 5.38 Å². The molecule has 0 amide bonds. The molecule has 0 bridgehead atoms. The van der Waals surface area contributed by atoms with Gasteiger partial charge in [-0.3, -0.25) is 0 Å². The minimum Gasteiger partial charge on any atom is -0.334 e. The van der Waals surface area contributed by atoms with Crippen LogP contribution in [0.25, 0.3) is 0 Å². The molecule has 1 aliphatic rings. The Morgan fingerprint density at radius 2 is 2.44 bits per heavy atom. The highest BCUT2D eigenvalue weighted by Gasteiger charge is 2.21. The third kappa shape index (κ3) is 3.22. The number of alkyl halides is 1. The maximum atomic E-state index is 6.08. The van der Waals surface area contributed by atoms with E-state index in [1.165, 1.54) is 19.3 Å². The van der Waals surface area contributed by atoms with Crippen LogP contribution in [0, 0.1) is 12.8 Å². The van der Waals surface area contributed by atoms with Crippen molar-refractivity contribution in [2.45, 2.75) is 38.1 Å². The van der Waals surface area contributed by atoms with Crippen molar-refractivity contribution in [1.29, 1.82) is 0 Å². The summed E-state index contributed by atoms with van der Waals surface area (Å²) in [6.45, 7) is 5.16. The normalized spacial score (nSPS) is 25.1. The molecule has 0 aromatic carbocycles. The van der Waals surface area contributed by atoms with E-state index in [1.807, 2.05) is 19.3 Å². The van der Waals surface area contributed by atoms with Crippen molar-refractivity contribution in [2.24, 2.45) is 5.92 Å². The fraction of sp³-hybridized carbons (Fsp3) is 0.750. The topological polar surface area (TPSA) is 29.9 Å². The highest BCUT2D eigenvalue weighted by Crippen LogP contribution is 2.28. The number of rotatable bonds is 5. The van der Waals surface area contributed by atoms with Crippen LogP contribution in [0.2, 0.25) is 0 Å². The van der Waals surface area contributed by atoms with Gasteiger partial charge in [0.25, 0.3) is 0 Å². The number of hydrogen-bond acceptors (Lipinski definition) is 2. The molecule has 0 saturated heterocycles. The molecule has 0 aliphatic heterocycles. The van der Waals surface area contributed by atoms with E-state index in [2.05, 4.69) is 14.9 Å². The minimum absolute atomic E-state index is 0.419. The molecule has 4 heteroatoms. The molecular formula is C12H20ClN3. The van der Waals surface area contributed by atoms with E-state index < -0.39 is 0 Å². The average molecular weight is 242 g/mol. The molecule has 2 atom stereocenters. The Kier molecular flexibility index (Phi) is 4.24. The molecule has 16 heavy (non-hydrogen) atoms. The summed E-state index contributed by atoms with van der Waals surface area (Å²) >= 11 is 6.08. The Bertz CT molecular complexity index is 324. The highest BCUT2D eigenvalue weighted by atomic mass is 35.5. The maximum absolute atomic E-state index is 6.08. The van der Waals surface area contributed by atoms with Crippen LogP contribution in [0.3, 0.4) is 0 Å². The number of imidazole rings is 1. The first-order chi connectivity index (χ1) is 7.75. The first-order valence-corrected chi connectivity index (χ1v) is 6.52. The van der Waals surface area contributed by atoms with Crippen LogP contribution in [-0.4, -0.2) is 28.0 Å². The van der Waals surface area contributed by atoms with Gasteiger partial charge in [-0.2, -0.15) is 0 Å². The molecule has 1 saturated carbocycles. The standard InChI is InChI=1S/C12H20ClN3/c1-10-15-5-7-16(10)6-4-14-9-11-2-3-12(13)8-11/h5,7,11-12,14H,2-4,6,8-9H2,1H3. The first kappa shape index (κ1) is 11.9. The fourth-order valence-electron chi connectivity index (χ4n) is 2.35. The second-order valence-electron chi connectivity index (χ2n) is 4.65. The van der Waals surface area contributed by atoms with Gasteiger partial charge in [-0.05, 0) is 38.6 Å². The van der Waals surface area contributed by atoms with E-state index in [1.54, 1.807) is 0 Å². The van der Waals surface area contributed by atoms with E-state index in [4.69, 9.17) is 11.6 Å². The van der Waals surface area contributed by atoms with Crippen LogP contribution in [0.15, 0.2) is 12.4 Å². The monoisotopic (exact) mass is 241 g/mol. The highest BCUT2D eigenvalue weighted by molar-refractivity contribution is 6.20. The van der Waals surface area contributed by atoms with Gasteiger partial charge in [0.1, 0.15) is 5.82 Å². The van der Waals surface area contributed by atoms with Crippen molar-refractivity contribution >= 4 is 11.6 Å². The Hall–Kier alpha value is -0.540. The third-order valence-corrected chi connectivity index (χ3v) is 3.76. The number of halogens is 1. The molecule has 2 rings (SSSR count). The van der Waals surface area contributed by atoms with Crippen molar-refractivity contribution < 1.29 is 0 Å². The summed E-state index contributed by atoms with van der Waals surface area (Å²) in [6, 6.07) is 0. The molecule has 1 heterocycles. The van der Waals surface area contributed by atoms with Gasteiger partial charge < -0.3 is 9.88 Å². The van der Waals surface area contributed by atoms with Crippen molar-refractivity contribution in [3.63, 3.8) is 0 Å². The van der Waals surface area contributed by atoms with Crippen LogP contribution in [0.1, 0.15) is 25.1 Å². The molecule has 1 fully saturated rings. The lowest BCUT2D eigenvalue weighted by Crippen LogP contribution is -2.25. The lowest BCUT2D eigenvalue weighted by atomic mass is 10.1. The average Bonchev–Trinajstić information content (AvgIpc) is 2.83. The zero-order valence-electron chi connectivity index (χ0n) is 9.82. The van der Waals surface area contributed by atoms with Crippen LogP contribution >= 0.6 is 11.6 Å². The lowest BCUT2D eigenvalue weighted by molar-refractivity contribution is 0.475. The van der Waals surface area contributed by atoms with Gasteiger partial charge in [-0.1, -0.05) is 0 Å². The predicted molar refractivity (Wildman–Crippen MR) is 66.8 cm³/mol. The van der Waals surface area contributed by atoms with Gasteiger partial charge in [-0.25, -0.2) is 4.98 Å². The SMILES string of the molecule is Cc1nccn1CCNCC1CCC(Cl)C1. The van der Waals surface area contributed by atoms with Gasteiger partial charge in [0.05, 0.1) is 0 Å². The summed E-state index contributed by atoms with van der Waals surface area (Å²) < 4.78 is 2.17. The molecular weight excluding hydrogens is 222 g/mol. The van der Waals surface area contributed by atoms with Crippen molar-refractivity contribution in [3.05, 3.63) is 18.2 Å². The molecule has 1 aromatic rings. The van der Waals surface area contributed by atoms with Gasteiger partial charge >= 0.3 is 0 Å². The summed E-state index contributed by atoms with van der Waals surface area (Å²) in [5.41, 5.74) is 0. The lowest BCUT2D eigenvalue weighted by Gasteiger charge is -2.11. The van der Waals surface area contributed by atoms with Gasteiger partial charge in [0.2, 0.25) is 0 Å². The zero-order chi connectivity index (χ0) is 11.4. The smallest absolute Gasteiger partial charge is 0.105 e. The van der Waals surface area contributed by atoms with Crippen LogP contribution in [0.4, 0.5) is 0 Å². The number of nitrogens with one attached hydrogen (secondary N) is 1. The third-order valence-electron chi connectivity index (χ3n) is 3.36. The Morgan fingerprint density at radius 3 is 3.06 bits per heavy atom. The second kappa shape index (κ2) is 5.69. The molecule has 90 valence electrons. The number of nitrogens with zero attached hydrogens (tertiary/aromatic N) is 2. The molecule has 2 unspecified atom stereocenters. The Balaban J connectivity index is 1.60. The Morgan fingerprint density at radius 1 is 1.56 bits per heavy atom. The van der Waals surface area contributed by atoms with Crippen LogP contribution in [0.5, 0.6) is 0 Å². The maximum Gasteiger partial charge on any atom is 0.105 e. The summed E-state index contributed by atoms with van der Waals surface area (Å²) in [7, 11) is 0. The van der Waals surface area contributed by atoms with Gasteiger partial charge in [-0.15, -0.1) is 11.6 Å². The minimum atomic E-state index is 0.419. The predicted octanol–water partition coefficient (Wildman–Crippen LogP) is 2.19.